The molecule has 7 heteroatoms. The Balaban J connectivity index is 1.74. The lowest BCUT2D eigenvalue weighted by atomic mass is 9.80. The van der Waals surface area contributed by atoms with Gasteiger partial charge in [0.15, 0.2) is 0 Å². The van der Waals surface area contributed by atoms with Gasteiger partial charge in [-0.05, 0) is 49.1 Å². The van der Waals surface area contributed by atoms with Crippen LogP contribution in [0.2, 0.25) is 10.0 Å². The van der Waals surface area contributed by atoms with Gasteiger partial charge in [0.05, 0.1) is 11.6 Å². The Morgan fingerprint density at radius 1 is 1.04 bits per heavy atom. The molecule has 2 aliphatic rings. The van der Waals surface area contributed by atoms with Gasteiger partial charge in [0.25, 0.3) is 0 Å². The van der Waals surface area contributed by atoms with Gasteiger partial charge in [0.1, 0.15) is 0 Å². The fourth-order valence-corrected chi connectivity index (χ4v) is 5.17. The van der Waals surface area contributed by atoms with Crippen LogP contribution in [0.3, 0.4) is 0 Å². The first-order valence-electron chi connectivity index (χ1n) is 9.23. The van der Waals surface area contributed by atoms with Crippen LogP contribution >= 0.6 is 39.1 Å². The Morgan fingerprint density at radius 3 is 2.57 bits per heavy atom. The SMILES string of the molecule is O=C1C2CC(Br)CCC2N(Cc2ccccc2Cl)C(=O)N1c1cccc(Cl)c1. The number of rotatable bonds is 3. The highest BCUT2D eigenvalue weighted by Gasteiger charge is 2.49. The maximum atomic E-state index is 13.4. The van der Waals surface area contributed by atoms with Crippen molar-refractivity contribution in [2.45, 2.75) is 36.7 Å². The van der Waals surface area contributed by atoms with Gasteiger partial charge in [-0.15, -0.1) is 0 Å². The topological polar surface area (TPSA) is 40.6 Å². The third kappa shape index (κ3) is 3.68. The minimum absolute atomic E-state index is 0.125. The zero-order valence-corrected chi connectivity index (χ0v) is 18.1. The van der Waals surface area contributed by atoms with Crippen molar-refractivity contribution in [1.29, 1.82) is 0 Å². The predicted molar refractivity (Wildman–Crippen MR) is 115 cm³/mol. The van der Waals surface area contributed by atoms with E-state index in [0.29, 0.717) is 28.7 Å². The van der Waals surface area contributed by atoms with Gasteiger partial charge in [-0.1, -0.05) is 63.4 Å². The quantitative estimate of drug-likeness (QED) is 0.512. The molecule has 1 saturated carbocycles. The minimum atomic E-state index is -0.318. The van der Waals surface area contributed by atoms with E-state index in [9.17, 15) is 9.59 Å². The number of carbonyl (C=O) groups is 2. The van der Waals surface area contributed by atoms with Gasteiger partial charge in [-0.3, -0.25) is 4.79 Å². The van der Waals surface area contributed by atoms with Crippen LogP contribution in [-0.4, -0.2) is 27.7 Å². The van der Waals surface area contributed by atoms with Crippen LogP contribution in [0.5, 0.6) is 0 Å². The molecule has 1 aliphatic heterocycles. The fraction of sp³-hybridized carbons (Fsp3) is 0.333. The molecule has 0 radical (unpaired) electrons. The standard InChI is InChI=1S/C21H19BrCl2N2O2/c22-14-8-9-19-17(10-14)20(27)26(16-6-3-5-15(23)11-16)21(28)25(19)12-13-4-1-2-7-18(13)24/h1-7,11,14,17,19H,8-10,12H2. The Morgan fingerprint density at radius 2 is 1.82 bits per heavy atom. The summed E-state index contributed by atoms with van der Waals surface area (Å²) in [6.07, 6.45) is 2.41. The molecule has 28 heavy (non-hydrogen) atoms. The Labute approximate surface area is 182 Å². The molecular weight excluding hydrogens is 463 g/mol. The second-order valence-electron chi connectivity index (χ2n) is 7.24. The average Bonchev–Trinajstić information content (AvgIpc) is 2.67. The molecule has 1 aliphatic carbocycles. The van der Waals surface area contributed by atoms with Crippen LogP contribution in [0.15, 0.2) is 48.5 Å². The van der Waals surface area contributed by atoms with Crippen molar-refractivity contribution < 1.29 is 9.59 Å². The number of alkyl halides is 1. The van der Waals surface area contributed by atoms with Gasteiger partial charge >= 0.3 is 6.03 Å². The number of fused-ring (bicyclic) bond motifs is 1. The van der Waals surface area contributed by atoms with E-state index in [0.717, 1.165) is 18.4 Å². The molecule has 0 aromatic heterocycles. The van der Waals surface area contributed by atoms with E-state index in [1.807, 2.05) is 24.3 Å². The highest BCUT2D eigenvalue weighted by molar-refractivity contribution is 9.09. The Kier molecular flexibility index (Phi) is 5.68. The van der Waals surface area contributed by atoms with E-state index in [2.05, 4.69) is 15.9 Å². The summed E-state index contributed by atoms with van der Waals surface area (Å²) in [4.78, 5) is 30.1. The van der Waals surface area contributed by atoms with Gasteiger partial charge in [-0.2, -0.15) is 0 Å². The lowest BCUT2D eigenvalue weighted by Gasteiger charge is -2.47. The number of hydrogen-bond acceptors (Lipinski definition) is 2. The summed E-state index contributed by atoms with van der Waals surface area (Å²) in [5.41, 5.74) is 1.37. The van der Waals surface area contributed by atoms with E-state index < -0.39 is 0 Å². The monoisotopic (exact) mass is 480 g/mol. The maximum absolute atomic E-state index is 13.4. The Hall–Kier alpha value is -1.56. The summed E-state index contributed by atoms with van der Waals surface area (Å²) in [6.45, 7) is 0.372. The van der Waals surface area contributed by atoms with Crippen LogP contribution in [-0.2, 0) is 11.3 Å². The van der Waals surface area contributed by atoms with Crippen molar-refractivity contribution in [3.63, 3.8) is 0 Å². The summed E-state index contributed by atoms with van der Waals surface area (Å²) >= 11 is 16.1. The molecule has 2 fully saturated rings. The molecule has 1 heterocycles. The number of benzene rings is 2. The Bertz CT molecular complexity index is 923. The van der Waals surface area contributed by atoms with Crippen LogP contribution < -0.4 is 4.90 Å². The van der Waals surface area contributed by atoms with Crippen molar-refractivity contribution in [1.82, 2.24) is 4.90 Å². The third-order valence-electron chi connectivity index (χ3n) is 5.49. The fourth-order valence-electron chi connectivity index (χ4n) is 4.12. The highest BCUT2D eigenvalue weighted by Crippen LogP contribution is 2.40. The first-order valence-corrected chi connectivity index (χ1v) is 10.9. The number of anilines is 1. The summed E-state index contributed by atoms with van der Waals surface area (Å²) < 4.78 is 0. The zero-order valence-electron chi connectivity index (χ0n) is 15.0. The van der Waals surface area contributed by atoms with Gasteiger partial charge in [0.2, 0.25) is 5.91 Å². The molecule has 4 nitrogen and oxygen atoms in total. The van der Waals surface area contributed by atoms with Crippen molar-refractivity contribution >= 4 is 56.8 Å². The second kappa shape index (κ2) is 8.05. The smallest absolute Gasteiger partial charge is 0.316 e. The van der Waals surface area contributed by atoms with Crippen molar-refractivity contribution in [2.75, 3.05) is 4.90 Å². The van der Waals surface area contributed by atoms with Gasteiger partial charge in [-0.25, -0.2) is 9.69 Å². The van der Waals surface area contributed by atoms with Crippen LogP contribution in [0.25, 0.3) is 0 Å². The maximum Gasteiger partial charge on any atom is 0.331 e. The van der Waals surface area contributed by atoms with E-state index in [4.69, 9.17) is 23.2 Å². The second-order valence-corrected chi connectivity index (χ2v) is 9.38. The molecule has 0 spiro atoms. The molecule has 1 saturated heterocycles. The number of urea groups is 1. The largest absolute Gasteiger partial charge is 0.331 e. The lowest BCUT2D eigenvalue weighted by Crippen LogP contribution is -2.63. The zero-order chi connectivity index (χ0) is 19.8. The minimum Gasteiger partial charge on any atom is -0.316 e. The van der Waals surface area contributed by atoms with Crippen LogP contribution in [0, 0.1) is 5.92 Å². The third-order valence-corrected chi connectivity index (χ3v) is 6.93. The number of nitrogens with zero attached hydrogens (tertiary/aromatic N) is 2. The summed E-state index contributed by atoms with van der Waals surface area (Å²) in [5, 5.41) is 1.10. The molecule has 2 aromatic carbocycles. The summed E-state index contributed by atoms with van der Waals surface area (Å²) in [7, 11) is 0. The molecule has 4 rings (SSSR count). The van der Waals surface area contributed by atoms with E-state index >= 15 is 0 Å². The molecule has 3 unspecified atom stereocenters. The summed E-state index contributed by atoms with van der Waals surface area (Å²) in [6, 6.07) is 13.9. The molecule has 0 bridgehead atoms. The van der Waals surface area contributed by atoms with Gasteiger partial charge < -0.3 is 4.90 Å². The molecule has 3 atom stereocenters. The van der Waals surface area contributed by atoms with Crippen LogP contribution in [0.1, 0.15) is 24.8 Å². The van der Waals surface area contributed by atoms with E-state index in [-0.39, 0.29) is 28.7 Å². The number of carbonyl (C=O) groups excluding carboxylic acids is 2. The highest BCUT2D eigenvalue weighted by atomic mass is 79.9. The number of hydrogen-bond donors (Lipinski definition) is 0. The van der Waals surface area contributed by atoms with Crippen molar-refractivity contribution in [3.8, 4) is 0 Å². The molecule has 2 aromatic rings. The summed E-state index contributed by atoms with van der Waals surface area (Å²) in [5.74, 6) is -0.408. The predicted octanol–water partition coefficient (Wildman–Crippen LogP) is 5.89. The van der Waals surface area contributed by atoms with Crippen molar-refractivity contribution in [3.05, 3.63) is 64.1 Å². The van der Waals surface area contributed by atoms with E-state index in [1.165, 1.54) is 4.90 Å². The van der Waals surface area contributed by atoms with E-state index in [1.54, 1.807) is 29.2 Å². The molecule has 3 amide bonds. The van der Waals surface area contributed by atoms with Crippen LogP contribution in [0.4, 0.5) is 10.5 Å². The molecule has 146 valence electrons. The van der Waals surface area contributed by atoms with Gasteiger partial charge in [0, 0.05) is 27.5 Å². The van der Waals surface area contributed by atoms with Crippen molar-refractivity contribution in [2.24, 2.45) is 5.92 Å². The molecule has 0 N–H and O–H groups in total. The normalized spacial score (nSPS) is 25.0. The molecular formula is C21H19BrCl2N2O2. The first kappa shape index (κ1) is 19.7. The first-order chi connectivity index (χ1) is 13.5. The lowest BCUT2D eigenvalue weighted by molar-refractivity contribution is -0.126. The number of halogens is 3. The average molecular weight is 482 g/mol. The number of imide groups is 1. The number of amides is 3.